The summed E-state index contributed by atoms with van der Waals surface area (Å²) >= 11 is 0. The van der Waals surface area contributed by atoms with Crippen LogP contribution in [-0.4, -0.2) is 5.78 Å². The summed E-state index contributed by atoms with van der Waals surface area (Å²) in [5.74, 6) is -0.0675. The first-order chi connectivity index (χ1) is 5.25. The highest BCUT2D eigenvalue weighted by atomic mass is 16.1. The Bertz CT molecular complexity index is 294. The van der Waals surface area contributed by atoms with Crippen LogP contribution in [0.1, 0.15) is 17.3 Å². The van der Waals surface area contributed by atoms with Gasteiger partial charge in [0.25, 0.3) is 0 Å². The van der Waals surface area contributed by atoms with Gasteiger partial charge in [-0.2, -0.15) is 0 Å². The second kappa shape index (κ2) is 3.05. The molecular weight excluding hydrogens is 140 g/mol. The van der Waals surface area contributed by atoms with Gasteiger partial charge in [0.05, 0.1) is 5.56 Å². The highest BCUT2D eigenvalue weighted by molar-refractivity contribution is 5.97. The minimum atomic E-state index is -0.0675. The quantitative estimate of drug-likeness (QED) is 0.485. The van der Waals surface area contributed by atoms with Gasteiger partial charge in [0, 0.05) is 6.07 Å². The first-order valence-corrected chi connectivity index (χ1v) is 3.26. The third-order valence-electron chi connectivity index (χ3n) is 1.43. The number of rotatable bonds is 2. The van der Waals surface area contributed by atoms with E-state index in [1.165, 1.54) is 6.92 Å². The van der Waals surface area contributed by atoms with Crippen LogP contribution < -0.4 is 5.11 Å². The molecule has 0 atom stereocenters. The second-order valence-corrected chi connectivity index (χ2v) is 2.21. The van der Waals surface area contributed by atoms with E-state index >= 15 is 0 Å². The molecule has 56 valence electrons. The van der Waals surface area contributed by atoms with Gasteiger partial charge in [0.1, 0.15) is 0 Å². The lowest BCUT2D eigenvalue weighted by molar-refractivity contribution is -0.379. The molecular formula is C8H8N2O. The van der Waals surface area contributed by atoms with Gasteiger partial charge in [0.15, 0.2) is 5.78 Å². The number of benzene rings is 1. The Morgan fingerprint density at radius 2 is 2.09 bits per heavy atom. The van der Waals surface area contributed by atoms with E-state index in [-0.39, 0.29) is 5.78 Å². The van der Waals surface area contributed by atoms with Gasteiger partial charge in [-0.25, -0.2) is 0 Å². The normalized spacial score (nSPS) is 9.18. The van der Waals surface area contributed by atoms with Crippen LogP contribution in [-0.2, 0) is 0 Å². The number of carbonyl (C=O) groups excluding carboxylic acids is 1. The van der Waals surface area contributed by atoms with E-state index < -0.39 is 0 Å². The average molecular weight is 148 g/mol. The van der Waals surface area contributed by atoms with E-state index in [4.69, 9.17) is 5.53 Å². The summed E-state index contributed by atoms with van der Waals surface area (Å²) in [6.07, 6.45) is 0. The molecule has 0 heterocycles. The van der Waals surface area contributed by atoms with Gasteiger partial charge in [0.2, 0.25) is 5.69 Å². The maximum Gasteiger partial charge on any atom is 0.203 e. The molecule has 0 unspecified atom stereocenters. The van der Waals surface area contributed by atoms with Gasteiger partial charge in [-0.1, -0.05) is 12.1 Å². The number of ketones is 1. The fourth-order valence-electron chi connectivity index (χ4n) is 0.888. The second-order valence-electron chi connectivity index (χ2n) is 2.21. The molecule has 0 aromatic heterocycles. The van der Waals surface area contributed by atoms with Crippen LogP contribution in [0, 0.1) is 0 Å². The van der Waals surface area contributed by atoms with Crippen LogP contribution in [0.15, 0.2) is 24.3 Å². The molecule has 0 aliphatic rings. The van der Waals surface area contributed by atoms with Gasteiger partial charge >= 0.3 is 0 Å². The first kappa shape index (κ1) is 7.60. The molecule has 0 saturated heterocycles. The number of carbonyl (C=O) groups is 1. The third kappa shape index (κ3) is 1.49. The minimum Gasteiger partial charge on any atom is -0.502 e. The summed E-state index contributed by atoms with van der Waals surface area (Å²) in [5, 5.41) is 1.96. The van der Waals surface area contributed by atoms with E-state index in [2.05, 4.69) is 0 Å². The largest absolute Gasteiger partial charge is 0.502 e. The number of nitrogens with one attached hydrogen (secondary N) is 1. The molecule has 0 aliphatic heterocycles. The van der Waals surface area contributed by atoms with Crippen LogP contribution in [0.4, 0.5) is 5.69 Å². The maximum atomic E-state index is 10.9. The zero-order valence-corrected chi connectivity index (χ0v) is 6.16. The highest BCUT2D eigenvalue weighted by Crippen LogP contribution is 2.08. The van der Waals surface area contributed by atoms with Gasteiger partial charge < -0.3 is 5.53 Å². The summed E-state index contributed by atoms with van der Waals surface area (Å²) in [6, 6.07) is 6.78. The monoisotopic (exact) mass is 148 g/mol. The van der Waals surface area contributed by atoms with Crippen LogP contribution >= 0.6 is 0 Å². The zero-order chi connectivity index (χ0) is 8.27. The van der Waals surface area contributed by atoms with E-state index in [0.29, 0.717) is 11.3 Å². The molecule has 0 aliphatic carbocycles. The molecule has 0 spiro atoms. The smallest absolute Gasteiger partial charge is 0.203 e. The van der Waals surface area contributed by atoms with Crippen molar-refractivity contribution >= 4 is 11.5 Å². The van der Waals surface area contributed by atoms with Crippen molar-refractivity contribution in [2.75, 3.05) is 0 Å². The molecule has 0 fully saturated rings. The van der Waals surface area contributed by atoms with Crippen molar-refractivity contribution in [3.63, 3.8) is 0 Å². The van der Waals surface area contributed by atoms with Crippen LogP contribution in [0.5, 0.6) is 0 Å². The molecule has 3 nitrogen and oxygen atoms in total. The maximum absolute atomic E-state index is 10.9. The Labute approximate surface area is 64.6 Å². The molecule has 1 rings (SSSR count). The first-order valence-electron chi connectivity index (χ1n) is 3.26. The van der Waals surface area contributed by atoms with Crippen LogP contribution in [0.2, 0.25) is 0 Å². The van der Waals surface area contributed by atoms with Crippen molar-refractivity contribution in [1.29, 1.82) is 0 Å². The minimum absolute atomic E-state index is 0.0675. The summed E-state index contributed by atoms with van der Waals surface area (Å²) in [6.45, 7) is 1.45. The Balaban J connectivity index is 3.22. The Morgan fingerprint density at radius 3 is 2.55 bits per heavy atom. The van der Waals surface area contributed by atoms with E-state index in [0.717, 1.165) is 0 Å². The highest BCUT2D eigenvalue weighted by Gasteiger charge is 2.06. The summed E-state index contributed by atoms with van der Waals surface area (Å²) < 4.78 is 0. The lowest BCUT2D eigenvalue weighted by atomic mass is 10.1. The van der Waals surface area contributed by atoms with Crippen molar-refractivity contribution in [2.45, 2.75) is 6.92 Å². The van der Waals surface area contributed by atoms with Crippen molar-refractivity contribution in [3.8, 4) is 0 Å². The fraction of sp³-hybridized carbons (Fsp3) is 0.125. The van der Waals surface area contributed by atoms with Crippen molar-refractivity contribution < 1.29 is 9.91 Å². The lowest BCUT2D eigenvalue weighted by Crippen LogP contribution is -2.55. The van der Waals surface area contributed by atoms with Crippen molar-refractivity contribution in [1.82, 2.24) is 0 Å². The molecule has 0 amide bonds. The molecule has 3 heteroatoms. The van der Waals surface area contributed by atoms with Gasteiger partial charge in [-0.05, 0) is 13.0 Å². The molecule has 0 bridgehead atoms. The summed E-state index contributed by atoms with van der Waals surface area (Å²) in [7, 11) is 0. The Morgan fingerprint density at radius 1 is 1.45 bits per heavy atom. The molecule has 0 saturated carbocycles. The predicted molar refractivity (Wildman–Crippen MR) is 40.4 cm³/mol. The SMILES string of the molecule is CC(=O)c1ccccc1[NH+]=[N-]. The van der Waals surface area contributed by atoms with Crippen molar-refractivity contribution in [2.24, 2.45) is 0 Å². The molecule has 11 heavy (non-hydrogen) atoms. The van der Waals surface area contributed by atoms with Gasteiger partial charge in [-0.3, -0.25) is 9.91 Å². The standard InChI is InChI=1S/C8H8N2O/c1-6(11)7-4-2-3-5-8(7)10-9/h2-5,10H,1H3. The third-order valence-corrected chi connectivity index (χ3v) is 1.43. The topological polar surface area (TPSA) is 53.3 Å². The average Bonchev–Trinajstić information content (AvgIpc) is 2.04. The summed E-state index contributed by atoms with van der Waals surface area (Å²) in [4.78, 5) is 10.9. The summed E-state index contributed by atoms with van der Waals surface area (Å²) in [5.41, 5.74) is 9.50. The molecule has 0 radical (unpaired) electrons. The Hall–Kier alpha value is -1.51. The van der Waals surface area contributed by atoms with E-state index in [9.17, 15) is 4.79 Å². The van der Waals surface area contributed by atoms with Gasteiger partial charge in [-0.15, -0.1) is 0 Å². The number of hydrogen-bond donors (Lipinski definition) is 1. The molecule has 1 aromatic rings. The number of hydrogen-bond acceptors (Lipinski definition) is 1. The lowest BCUT2D eigenvalue weighted by Gasteiger charge is -1.95. The molecule has 1 N–H and O–H groups in total. The van der Waals surface area contributed by atoms with Crippen molar-refractivity contribution in [3.05, 3.63) is 35.4 Å². The number of para-hydroxylation sites is 1. The van der Waals surface area contributed by atoms with E-state index in [1.54, 1.807) is 24.3 Å². The number of Topliss-reactive ketones (excluding diaryl/α,β-unsaturated/α-hetero) is 1. The Kier molecular flexibility index (Phi) is 2.11. The van der Waals surface area contributed by atoms with Crippen LogP contribution in [0.25, 0.3) is 5.53 Å². The van der Waals surface area contributed by atoms with Crippen LogP contribution in [0.3, 0.4) is 0 Å². The molecule has 1 aromatic carbocycles. The van der Waals surface area contributed by atoms with E-state index in [1.807, 2.05) is 5.11 Å². The fourth-order valence-corrected chi connectivity index (χ4v) is 0.888. The number of nitrogens with zero attached hydrogens (tertiary/aromatic N) is 1. The zero-order valence-electron chi connectivity index (χ0n) is 6.16. The predicted octanol–water partition coefficient (Wildman–Crippen LogP) is 0.623.